The number of hydrogen-bond donors (Lipinski definition) is 1. The first-order valence-corrected chi connectivity index (χ1v) is 9.22. The van der Waals surface area contributed by atoms with E-state index in [0.29, 0.717) is 16.4 Å². The Morgan fingerprint density at radius 2 is 2.25 bits per heavy atom. The first-order valence-electron chi connectivity index (χ1n) is 6.81. The van der Waals surface area contributed by atoms with Crippen LogP contribution in [0.1, 0.15) is 5.69 Å². The van der Waals surface area contributed by atoms with Crippen LogP contribution in [0.15, 0.2) is 40.6 Å². The SMILES string of the molecule is O=C(CSCc1cc(=O)n2ccsc2n1)Nc1ccc(Cl)cc1F. The van der Waals surface area contributed by atoms with Gasteiger partial charge in [-0.2, -0.15) is 0 Å². The lowest BCUT2D eigenvalue weighted by atomic mass is 10.3. The second kappa shape index (κ2) is 7.33. The molecule has 0 bridgehead atoms. The maximum Gasteiger partial charge on any atom is 0.258 e. The van der Waals surface area contributed by atoms with Gasteiger partial charge in [0, 0.05) is 28.4 Å². The second-order valence-electron chi connectivity index (χ2n) is 4.81. The molecule has 0 saturated heterocycles. The minimum atomic E-state index is -0.585. The Balaban J connectivity index is 1.57. The van der Waals surface area contributed by atoms with Crippen LogP contribution in [0.5, 0.6) is 0 Å². The molecule has 0 aliphatic carbocycles. The molecule has 1 N–H and O–H groups in total. The summed E-state index contributed by atoms with van der Waals surface area (Å²) in [7, 11) is 0. The molecule has 9 heteroatoms. The van der Waals surface area contributed by atoms with Gasteiger partial charge < -0.3 is 5.32 Å². The Morgan fingerprint density at radius 3 is 3.04 bits per heavy atom. The number of amides is 1. The normalized spacial score (nSPS) is 10.9. The molecule has 2 aromatic heterocycles. The van der Waals surface area contributed by atoms with Crippen molar-refractivity contribution >= 4 is 51.3 Å². The molecule has 3 aromatic rings. The van der Waals surface area contributed by atoms with E-state index in [0.717, 1.165) is 6.07 Å². The predicted octanol–water partition coefficient (Wildman–Crippen LogP) is 3.42. The highest BCUT2D eigenvalue weighted by molar-refractivity contribution is 7.99. The zero-order valence-electron chi connectivity index (χ0n) is 12.2. The summed E-state index contributed by atoms with van der Waals surface area (Å²) < 4.78 is 15.1. The number of halogens is 2. The molecule has 0 saturated carbocycles. The Hall–Kier alpha value is -1.90. The number of hydrogen-bond acceptors (Lipinski definition) is 5. The molecule has 0 aliphatic rings. The Morgan fingerprint density at radius 1 is 1.42 bits per heavy atom. The molecule has 0 radical (unpaired) electrons. The average molecular weight is 384 g/mol. The van der Waals surface area contributed by atoms with Crippen LogP contribution in [0.2, 0.25) is 5.02 Å². The summed E-state index contributed by atoms with van der Waals surface area (Å²) in [5, 5.41) is 4.53. The smallest absolute Gasteiger partial charge is 0.258 e. The highest BCUT2D eigenvalue weighted by atomic mass is 35.5. The number of aromatic nitrogens is 2. The molecule has 0 aliphatic heterocycles. The minimum absolute atomic E-state index is 0.0846. The number of thiazole rings is 1. The van der Waals surface area contributed by atoms with Gasteiger partial charge in [-0.25, -0.2) is 9.37 Å². The number of thioether (sulfide) groups is 1. The number of nitrogens with one attached hydrogen (secondary N) is 1. The summed E-state index contributed by atoms with van der Waals surface area (Å²) >= 11 is 8.33. The molecular formula is C15H11ClFN3O2S2. The van der Waals surface area contributed by atoms with Crippen molar-refractivity contribution in [3.8, 4) is 0 Å². The van der Waals surface area contributed by atoms with Crippen LogP contribution in [0.4, 0.5) is 10.1 Å². The van der Waals surface area contributed by atoms with Gasteiger partial charge in [0.25, 0.3) is 5.56 Å². The fraction of sp³-hybridized carbons (Fsp3) is 0.133. The third-order valence-electron chi connectivity index (χ3n) is 3.04. The van der Waals surface area contributed by atoms with E-state index in [-0.39, 0.29) is 27.9 Å². The molecule has 3 rings (SSSR count). The third-order valence-corrected chi connectivity index (χ3v) is 5.00. The molecule has 0 spiro atoms. The number of carbonyl (C=O) groups is 1. The van der Waals surface area contributed by atoms with Gasteiger partial charge in [-0.05, 0) is 18.2 Å². The first kappa shape index (κ1) is 16.9. The lowest BCUT2D eigenvalue weighted by Gasteiger charge is -2.06. The molecule has 2 heterocycles. The molecule has 124 valence electrons. The molecular weight excluding hydrogens is 373 g/mol. The molecule has 0 unspecified atom stereocenters. The van der Waals surface area contributed by atoms with E-state index in [1.807, 2.05) is 0 Å². The topological polar surface area (TPSA) is 63.5 Å². The van der Waals surface area contributed by atoms with Crippen molar-refractivity contribution in [1.29, 1.82) is 0 Å². The highest BCUT2D eigenvalue weighted by Gasteiger charge is 2.09. The summed E-state index contributed by atoms with van der Waals surface area (Å²) in [6.07, 6.45) is 1.67. The van der Waals surface area contributed by atoms with E-state index in [4.69, 9.17) is 11.6 Å². The van der Waals surface area contributed by atoms with Crippen molar-refractivity contribution in [1.82, 2.24) is 9.38 Å². The highest BCUT2D eigenvalue weighted by Crippen LogP contribution is 2.19. The van der Waals surface area contributed by atoms with Gasteiger partial charge in [-0.3, -0.25) is 14.0 Å². The molecule has 0 fully saturated rings. The third kappa shape index (κ3) is 3.95. The van der Waals surface area contributed by atoms with E-state index < -0.39 is 5.82 Å². The van der Waals surface area contributed by atoms with Crippen LogP contribution in [-0.4, -0.2) is 21.0 Å². The number of rotatable bonds is 5. The monoisotopic (exact) mass is 383 g/mol. The van der Waals surface area contributed by atoms with Crippen molar-refractivity contribution in [2.24, 2.45) is 0 Å². The van der Waals surface area contributed by atoms with Crippen LogP contribution >= 0.6 is 34.7 Å². The number of nitrogens with zero attached hydrogens (tertiary/aromatic N) is 2. The van der Waals surface area contributed by atoms with E-state index in [1.165, 1.54) is 45.7 Å². The van der Waals surface area contributed by atoms with Crippen LogP contribution in [0.3, 0.4) is 0 Å². The lowest BCUT2D eigenvalue weighted by molar-refractivity contribution is -0.113. The van der Waals surface area contributed by atoms with E-state index in [2.05, 4.69) is 10.3 Å². The van der Waals surface area contributed by atoms with Gasteiger partial charge >= 0.3 is 0 Å². The van der Waals surface area contributed by atoms with Crippen molar-refractivity contribution in [3.63, 3.8) is 0 Å². The molecule has 1 aromatic carbocycles. The Labute approximate surface area is 149 Å². The lowest BCUT2D eigenvalue weighted by Crippen LogP contribution is -2.16. The zero-order chi connectivity index (χ0) is 17.1. The van der Waals surface area contributed by atoms with Crippen molar-refractivity contribution < 1.29 is 9.18 Å². The van der Waals surface area contributed by atoms with Crippen LogP contribution < -0.4 is 10.9 Å². The van der Waals surface area contributed by atoms with Crippen LogP contribution in [0, 0.1) is 5.82 Å². The number of carbonyl (C=O) groups excluding carboxylic acids is 1. The summed E-state index contributed by atoms with van der Waals surface area (Å²) in [6.45, 7) is 0. The Bertz CT molecular complexity index is 957. The molecule has 5 nitrogen and oxygen atoms in total. The summed E-state index contributed by atoms with van der Waals surface area (Å²) in [6, 6.07) is 5.50. The van der Waals surface area contributed by atoms with Crippen molar-refractivity contribution in [2.75, 3.05) is 11.1 Å². The zero-order valence-corrected chi connectivity index (χ0v) is 14.6. The largest absolute Gasteiger partial charge is 0.323 e. The van der Waals surface area contributed by atoms with Crippen molar-refractivity contribution in [2.45, 2.75) is 5.75 Å². The van der Waals surface area contributed by atoms with Gasteiger partial charge in [0.15, 0.2) is 4.96 Å². The summed E-state index contributed by atoms with van der Waals surface area (Å²) in [4.78, 5) is 28.7. The van der Waals surface area contributed by atoms with Crippen LogP contribution in [-0.2, 0) is 10.5 Å². The molecule has 1 amide bonds. The maximum absolute atomic E-state index is 13.6. The minimum Gasteiger partial charge on any atom is -0.323 e. The first-order chi connectivity index (χ1) is 11.5. The number of fused-ring (bicyclic) bond motifs is 1. The fourth-order valence-electron chi connectivity index (χ4n) is 1.99. The van der Waals surface area contributed by atoms with Crippen LogP contribution in [0.25, 0.3) is 4.96 Å². The van der Waals surface area contributed by atoms with Gasteiger partial charge in [-0.15, -0.1) is 23.1 Å². The van der Waals surface area contributed by atoms with Gasteiger partial charge in [0.1, 0.15) is 5.82 Å². The fourth-order valence-corrected chi connectivity index (χ4v) is 3.60. The summed E-state index contributed by atoms with van der Waals surface area (Å²) in [5.41, 5.74) is 0.545. The number of benzene rings is 1. The standard InChI is InChI=1S/C15H11ClFN3O2S2/c16-9-1-2-12(11(17)5-9)19-13(21)8-23-7-10-6-14(22)20-3-4-24-15(20)18-10/h1-6H,7-8H2,(H,19,21). The molecule has 24 heavy (non-hydrogen) atoms. The van der Waals surface area contributed by atoms with Gasteiger partial charge in [0.05, 0.1) is 17.1 Å². The quantitative estimate of drug-likeness (QED) is 0.733. The Kier molecular flexibility index (Phi) is 5.17. The van der Waals surface area contributed by atoms with E-state index >= 15 is 0 Å². The van der Waals surface area contributed by atoms with E-state index in [1.54, 1.807) is 11.6 Å². The predicted molar refractivity (Wildman–Crippen MR) is 95.5 cm³/mol. The van der Waals surface area contributed by atoms with E-state index in [9.17, 15) is 14.0 Å². The maximum atomic E-state index is 13.6. The molecule has 0 atom stereocenters. The second-order valence-corrected chi connectivity index (χ2v) is 7.10. The van der Waals surface area contributed by atoms with Gasteiger partial charge in [0.2, 0.25) is 5.91 Å². The number of anilines is 1. The summed E-state index contributed by atoms with van der Waals surface area (Å²) in [5.74, 6) is -0.387. The van der Waals surface area contributed by atoms with Crippen molar-refractivity contribution in [3.05, 3.63) is 62.7 Å². The average Bonchev–Trinajstić information content (AvgIpc) is 2.99. The van der Waals surface area contributed by atoms with Gasteiger partial charge in [-0.1, -0.05) is 11.6 Å².